The monoisotopic (exact) mass is 142 g/mol. The van der Waals surface area contributed by atoms with Crippen LogP contribution in [0.1, 0.15) is 33.1 Å². The lowest BCUT2D eigenvalue weighted by atomic mass is 9.77. The van der Waals surface area contributed by atoms with Crippen LogP contribution in [-0.2, 0) is 9.53 Å². The van der Waals surface area contributed by atoms with Crippen LogP contribution in [0.3, 0.4) is 0 Å². The first-order chi connectivity index (χ1) is 4.71. The van der Waals surface area contributed by atoms with Crippen LogP contribution in [0.15, 0.2) is 0 Å². The number of ketones is 1. The van der Waals surface area contributed by atoms with E-state index in [1.165, 1.54) is 0 Å². The van der Waals surface area contributed by atoms with E-state index >= 15 is 0 Å². The molecule has 0 atom stereocenters. The number of carbonyl (C=O) groups is 1. The van der Waals surface area contributed by atoms with E-state index < -0.39 is 0 Å². The highest BCUT2D eigenvalue weighted by atomic mass is 16.5. The van der Waals surface area contributed by atoms with Crippen LogP contribution in [-0.4, -0.2) is 18.0 Å². The summed E-state index contributed by atoms with van der Waals surface area (Å²) >= 11 is 0. The number of Topliss-reactive ketones (excluding diaryl/α,β-unsaturated/α-hetero) is 1. The first-order valence-corrected chi connectivity index (χ1v) is 3.86. The van der Waals surface area contributed by atoms with E-state index in [9.17, 15) is 4.79 Å². The minimum absolute atomic E-state index is 0.195. The average Bonchev–Trinajstić information content (AvgIpc) is 1.77. The Hall–Kier alpha value is -0.370. The first kappa shape index (κ1) is 7.73. The molecule has 0 bridgehead atoms. The van der Waals surface area contributed by atoms with E-state index in [4.69, 9.17) is 4.74 Å². The lowest BCUT2D eigenvalue weighted by Gasteiger charge is -2.38. The van der Waals surface area contributed by atoms with E-state index in [1.807, 2.05) is 6.92 Å². The van der Waals surface area contributed by atoms with Crippen molar-refractivity contribution in [3.63, 3.8) is 0 Å². The van der Waals surface area contributed by atoms with Crippen LogP contribution in [0.2, 0.25) is 0 Å². The Morgan fingerprint density at radius 1 is 1.60 bits per heavy atom. The van der Waals surface area contributed by atoms with Crippen molar-refractivity contribution in [2.24, 2.45) is 0 Å². The first-order valence-electron chi connectivity index (χ1n) is 3.86. The van der Waals surface area contributed by atoms with Gasteiger partial charge in [-0.3, -0.25) is 4.79 Å². The molecule has 0 heterocycles. The summed E-state index contributed by atoms with van der Waals surface area (Å²) in [5.41, 5.74) is -0.366. The Morgan fingerprint density at radius 3 is 2.30 bits per heavy atom. The SMILES string of the molecule is CCOC1(C(C)=O)CCC1. The van der Waals surface area contributed by atoms with Crippen molar-refractivity contribution >= 4 is 5.78 Å². The molecule has 1 saturated carbocycles. The molecule has 2 heteroatoms. The zero-order valence-electron chi connectivity index (χ0n) is 6.64. The molecule has 0 aromatic rings. The van der Waals surface area contributed by atoms with Gasteiger partial charge in [0.1, 0.15) is 5.60 Å². The molecule has 2 nitrogen and oxygen atoms in total. The highest BCUT2D eigenvalue weighted by Gasteiger charge is 2.42. The molecule has 1 aliphatic rings. The molecule has 0 aliphatic heterocycles. The van der Waals surface area contributed by atoms with Crippen molar-refractivity contribution < 1.29 is 9.53 Å². The molecule has 0 amide bonds. The molecule has 1 aliphatic carbocycles. The fraction of sp³-hybridized carbons (Fsp3) is 0.875. The van der Waals surface area contributed by atoms with Crippen LogP contribution < -0.4 is 0 Å². The molecule has 0 N–H and O–H groups in total. The second-order valence-corrected chi connectivity index (χ2v) is 2.84. The maximum Gasteiger partial charge on any atom is 0.161 e. The Bertz CT molecular complexity index is 136. The van der Waals surface area contributed by atoms with Gasteiger partial charge in [-0.1, -0.05) is 0 Å². The van der Waals surface area contributed by atoms with Crippen LogP contribution in [0.25, 0.3) is 0 Å². The van der Waals surface area contributed by atoms with Crippen molar-refractivity contribution in [2.45, 2.75) is 38.7 Å². The van der Waals surface area contributed by atoms with Gasteiger partial charge in [0.2, 0.25) is 0 Å². The second-order valence-electron chi connectivity index (χ2n) is 2.84. The molecule has 0 aromatic heterocycles. The van der Waals surface area contributed by atoms with Crippen molar-refractivity contribution in [1.29, 1.82) is 0 Å². The Morgan fingerprint density at radius 2 is 2.20 bits per heavy atom. The minimum atomic E-state index is -0.366. The maximum atomic E-state index is 11.0. The fourth-order valence-corrected chi connectivity index (χ4v) is 1.37. The van der Waals surface area contributed by atoms with E-state index in [0.29, 0.717) is 6.61 Å². The van der Waals surface area contributed by atoms with Gasteiger partial charge >= 0.3 is 0 Å². The summed E-state index contributed by atoms with van der Waals surface area (Å²) in [6.07, 6.45) is 2.99. The molecule has 58 valence electrons. The Labute approximate surface area is 61.6 Å². The van der Waals surface area contributed by atoms with Crippen LogP contribution >= 0.6 is 0 Å². The minimum Gasteiger partial charge on any atom is -0.368 e. The molecular weight excluding hydrogens is 128 g/mol. The Kier molecular flexibility index (Phi) is 2.09. The van der Waals surface area contributed by atoms with E-state index in [2.05, 4.69) is 0 Å². The highest BCUT2D eigenvalue weighted by Crippen LogP contribution is 2.36. The van der Waals surface area contributed by atoms with Gasteiger partial charge in [-0.15, -0.1) is 0 Å². The smallest absolute Gasteiger partial charge is 0.161 e. The van der Waals surface area contributed by atoms with Gasteiger partial charge in [0, 0.05) is 6.61 Å². The van der Waals surface area contributed by atoms with Gasteiger partial charge in [-0.25, -0.2) is 0 Å². The molecule has 1 fully saturated rings. The number of rotatable bonds is 3. The topological polar surface area (TPSA) is 26.3 Å². The summed E-state index contributed by atoms with van der Waals surface area (Å²) < 4.78 is 5.38. The van der Waals surface area contributed by atoms with Gasteiger partial charge in [0.05, 0.1) is 0 Å². The zero-order valence-corrected chi connectivity index (χ0v) is 6.64. The molecule has 10 heavy (non-hydrogen) atoms. The Balaban J connectivity index is 2.50. The molecule has 0 radical (unpaired) electrons. The summed E-state index contributed by atoms with van der Waals surface area (Å²) in [6, 6.07) is 0. The van der Waals surface area contributed by atoms with Crippen LogP contribution in [0.4, 0.5) is 0 Å². The van der Waals surface area contributed by atoms with Crippen molar-refractivity contribution in [2.75, 3.05) is 6.61 Å². The van der Waals surface area contributed by atoms with E-state index in [1.54, 1.807) is 6.92 Å². The van der Waals surface area contributed by atoms with E-state index in [-0.39, 0.29) is 11.4 Å². The van der Waals surface area contributed by atoms with Crippen molar-refractivity contribution in [1.82, 2.24) is 0 Å². The summed E-state index contributed by atoms with van der Waals surface area (Å²) in [4.78, 5) is 11.0. The van der Waals surface area contributed by atoms with Crippen LogP contribution in [0.5, 0.6) is 0 Å². The molecule has 0 unspecified atom stereocenters. The molecule has 1 rings (SSSR count). The standard InChI is InChI=1S/C8H14O2/c1-3-10-8(7(2)9)5-4-6-8/h3-6H2,1-2H3. The molecular formula is C8H14O2. The highest BCUT2D eigenvalue weighted by molar-refractivity contribution is 5.85. The number of hydrogen-bond acceptors (Lipinski definition) is 2. The van der Waals surface area contributed by atoms with Crippen LogP contribution in [0, 0.1) is 0 Å². The number of hydrogen-bond donors (Lipinski definition) is 0. The number of carbonyl (C=O) groups excluding carboxylic acids is 1. The summed E-state index contributed by atoms with van der Waals surface area (Å²) in [5, 5.41) is 0. The largest absolute Gasteiger partial charge is 0.368 e. The fourth-order valence-electron chi connectivity index (χ4n) is 1.37. The summed E-state index contributed by atoms with van der Waals surface area (Å²) in [6.45, 7) is 4.21. The molecule has 0 aromatic carbocycles. The van der Waals surface area contributed by atoms with E-state index in [0.717, 1.165) is 19.3 Å². The lowest BCUT2D eigenvalue weighted by Crippen LogP contribution is -2.46. The third-order valence-corrected chi connectivity index (χ3v) is 2.22. The number of ether oxygens (including phenoxy) is 1. The molecule has 0 spiro atoms. The van der Waals surface area contributed by atoms with Gasteiger partial charge in [0.25, 0.3) is 0 Å². The van der Waals surface area contributed by atoms with Gasteiger partial charge in [0.15, 0.2) is 5.78 Å². The second kappa shape index (κ2) is 2.70. The van der Waals surface area contributed by atoms with Gasteiger partial charge < -0.3 is 4.74 Å². The summed E-state index contributed by atoms with van der Waals surface area (Å²) in [5.74, 6) is 0.195. The molecule has 0 saturated heterocycles. The predicted octanol–water partition coefficient (Wildman–Crippen LogP) is 1.53. The normalized spacial score (nSPS) is 21.8. The van der Waals surface area contributed by atoms with Gasteiger partial charge in [-0.05, 0) is 33.1 Å². The third-order valence-electron chi connectivity index (χ3n) is 2.22. The maximum absolute atomic E-state index is 11.0. The predicted molar refractivity (Wildman–Crippen MR) is 38.9 cm³/mol. The van der Waals surface area contributed by atoms with Crippen molar-refractivity contribution in [3.05, 3.63) is 0 Å². The van der Waals surface area contributed by atoms with Gasteiger partial charge in [-0.2, -0.15) is 0 Å². The third kappa shape index (κ3) is 1.08. The lowest BCUT2D eigenvalue weighted by molar-refractivity contribution is -0.154. The van der Waals surface area contributed by atoms with Crippen molar-refractivity contribution in [3.8, 4) is 0 Å². The quantitative estimate of drug-likeness (QED) is 0.597. The average molecular weight is 142 g/mol. The summed E-state index contributed by atoms with van der Waals surface area (Å²) in [7, 11) is 0. The zero-order chi connectivity index (χ0) is 7.61.